The van der Waals surface area contributed by atoms with E-state index in [1.807, 2.05) is 24.3 Å². The van der Waals surface area contributed by atoms with E-state index in [0.29, 0.717) is 5.56 Å². The van der Waals surface area contributed by atoms with Crippen LogP contribution in [0.2, 0.25) is 0 Å². The third kappa shape index (κ3) is 2.32. The second-order valence-corrected chi connectivity index (χ2v) is 7.12. The minimum atomic E-state index is 0.00738. The van der Waals surface area contributed by atoms with Crippen LogP contribution in [-0.2, 0) is 5.41 Å². The van der Waals surface area contributed by atoms with Crippen LogP contribution in [0.4, 0.5) is 11.4 Å². The highest BCUT2D eigenvalue weighted by molar-refractivity contribution is 5.83. The quantitative estimate of drug-likeness (QED) is 0.610. The molecule has 0 saturated carbocycles. The third-order valence-electron chi connectivity index (χ3n) is 5.34. The molecule has 3 aromatic rings. The van der Waals surface area contributed by atoms with E-state index in [1.54, 1.807) is 0 Å². The first kappa shape index (κ1) is 15.5. The van der Waals surface area contributed by atoms with Gasteiger partial charge in [-0.2, -0.15) is 5.26 Å². The summed E-state index contributed by atoms with van der Waals surface area (Å²) < 4.78 is 0. The molecule has 0 N–H and O–H groups in total. The number of nitriles is 1. The highest BCUT2D eigenvalue weighted by Crippen LogP contribution is 2.49. The predicted octanol–water partition coefficient (Wildman–Crippen LogP) is 5.63. The molecule has 0 atom stereocenters. The molecule has 0 unspecified atom stereocenters. The normalized spacial score (nSPS) is 13.7. The molecule has 1 aliphatic carbocycles. The van der Waals surface area contributed by atoms with Gasteiger partial charge < -0.3 is 4.90 Å². The van der Waals surface area contributed by atoms with Crippen molar-refractivity contribution >= 4 is 11.4 Å². The van der Waals surface area contributed by atoms with Crippen LogP contribution < -0.4 is 4.90 Å². The Morgan fingerprint density at radius 1 is 0.800 bits per heavy atom. The molecule has 0 aromatic heterocycles. The van der Waals surface area contributed by atoms with Crippen LogP contribution >= 0.6 is 0 Å². The Bertz CT molecular complexity index is 991. The summed E-state index contributed by atoms with van der Waals surface area (Å²) >= 11 is 0. The lowest BCUT2D eigenvalue weighted by atomic mass is 9.82. The van der Waals surface area contributed by atoms with Gasteiger partial charge in [0.15, 0.2) is 0 Å². The average Bonchev–Trinajstić information content (AvgIpc) is 2.89. The molecule has 0 heterocycles. The zero-order valence-electron chi connectivity index (χ0n) is 14.7. The number of hydrogen-bond donors (Lipinski definition) is 0. The van der Waals surface area contributed by atoms with E-state index in [0.717, 1.165) is 11.4 Å². The molecule has 3 aromatic carbocycles. The standard InChI is InChI=1S/C23H20N2/c1-23(2)21-7-5-4-6-19(21)20-13-12-18(14-22(20)23)25(3)17-10-8-16(15-24)9-11-17/h4-14H,1-3H3. The molecule has 25 heavy (non-hydrogen) atoms. The van der Waals surface area contributed by atoms with Gasteiger partial charge in [-0.05, 0) is 58.7 Å². The number of anilines is 2. The van der Waals surface area contributed by atoms with Crippen molar-refractivity contribution in [3.05, 3.63) is 83.4 Å². The summed E-state index contributed by atoms with van der Waals surface area (Å²) in [5.74, 6) is 0. The fraction of sp³-hybridized carbons (Fsp3) is 0.174. The first-order valence-electron chi connectivity index (χ1n) is 8.50. The maximum Gasteiger partial charge on any atom is 0.0991 e. The Kier molecular flexibility index (Phi) is 3.40. The third-order valence-corrected chi connectivity index (χ3v) is 5.34. The smallest absolute Gasteiger partial charge is 0.0991 e. The van der Waals surface area contributed by atoms with Crippen LogP contribution in [0.15, 0.2) is 66.7 Å². The van der Waals surface area contributed by atoms with Crippen molar-refractivity contribution in [3.8, 4) is 17.2 Å². The lowest BCUT2D eigenvalue weighted by Crippen LogP contribution is -2.16. The van der Waals surface area contributed by atoms with Crippen molar-refractivity contribution in [1.82, 2.24) is 0 Å². The molecular formula is C23H20N2. The van der Waals surface area contributed by atoms with Gasteiger partial charge in [-0.3, -0.25) is 0 Å². The molecule has 122 valence electrons. The molecule has 0 aliphatic heterocycles. The maximum absolute atomic E-state index is 8.97. The van der Waals surface area contributed by atoms with E-state index in [1.165, 1.54) is 22.3 Å². The lowest BCUT2D eigenvalue weighted by Gasteiger charge is -2.25. The van der Waals surface area contributed by atoms with Crippen molar-refractivity contribution in [1.29, 1.82) is 5.26 Å². The van der Waals surface area contributed by atoms with Crippen LogP contribution in [0.3, 0.4) is 0 Å². The van der Waals surface area contributed by atoms with Crippen molar-refractivity contribution in [3.63, 3.8) is 0 Å². The fourth-order valence-electron chi connectivity index (χ4n) is 3.81. The summed E-state index contributed by atoms with van der Waals surface area (Å²) in [5, 5.41) is 8.97. The number of hydrogen-bond acceptors (Lipinski definition) is 2. The van der Waals surface area contributed by atoms with E-state index in [9.17, 15) is 0 Å². The number of rotatable bonds is 2. The zero-order chi connectivity index (χ0) is 17.6. The van der Waals surface area contributed by atoms with Crippen molar-refractivity contribution < 1.29 is 0 Å². The van der Waals surface area contributed by atoms with Gasteiger partial charge in [0.1, 0.15) is 0 Å². The summed E-state index contributed by atoms with van der Waals surface area (Å²) in [5.41, 5.74) is 8.36. The van der Waals surface area contributed by atoms with Crippen LogP contribution in [0.5, 0.6) is 0 Å². The SMILES string of the molecule is CN(c1ccc(C#N)cc1)c1ccc2c(c1)C(C)(C)c1ccccc1-2. The van der Waals surface area contributed by atoms with E-state index in [2.05, 4.69) is 74.3 Å². The second-order valence-electron chi connectivity index (χ2n) is 7.12. The van der Waals surface area contributed by atoms with Crippen molar-refractivity contribution in [2.45, 2.75) is 19.3 Å². The molecule has 4 rings (SSSR count). The predicted molar refractivity (Wildman–Crippen MR) is 103 cm³/mol. The summed E-state index contributed by atoms with van der Waals surface area (Å²) in [6.45, 7) is 4.59. The van der Waals surface area contributed by atoms with E-state index < -0.39 is 0 Å². The van der Waals surface area contributed by atoms with Gasteiger partial charge in [0.05, 0.1) is 11.6 Å². The molecule has 2 heteroatoms. The summed E-state index contributed by atoms with van der Waals surface area (Å²) in [7, 11) is 2.07. The molecule has 0 amide bonds. The van der Waals surface area contributed by atoms with E-state index >= 15 is 0 Å². The maximum atomic E-state index is 8.97. The van der Waals surface area contributed by atoms with Gasteiger partial charge in [0.25, 0.3) is 0 Å². The lowest BCUT2D eigenvalue weighted by molar-refractivity contribution is 0.660. The second kappa shape index (κ2) is 5.50. The van der Waals surface area contributed by atoms with Crippen LogP contribution in [0.1, 0.15) is 30.5 Å². The Balaban J connectivity index is 1.77. The van der Waals surface area contributed by atoms with Gasteiger partial charge in [0.2, 0.25) is 0 Å². The van der Waals surface area contributed by atoms with Crippen LogP contribution in [-0.4, -0.2) is 7.05 Å². The number of nitrogens with zero attached hydrogens (tertiary/aromatic N) is 2. The highest BCUT2D eigenvalue weighted by atomic mass is 15.1. The highest BCUT2D eigenvalue weighted by Gasteiger charge is 2.35. The molecule has 0 saturated heterocycles. The molecule has 1 aliphatic rings. The number of fused-ring (bicyclic) bond motifs is 3. The van der Waals surface area contributed by atoms with Crippen molar-refractivity contribution in [2.24, 2.45) is 0 Å². The minimum absolute atomic E-state index is 0.00738. The Morgan fingerprint density at radius 2 is 1.44 bits per heavy atom. The molecular weight excluding hydrogens is 304 g/mol. The Labute approximate surface area is 149 Å². The van der Waals surface area contributed by atoms with Crippen molar-refractivity contribution in [2.75, 3.05) is 11.9 Å². The molecule has 2 nitrogen and oxygen atoms in total. The molecule has 0 spiro atoms. The van der Waals surface area contributed by atoms with Crippen LogP contribution in [0, 0.1) is 11.3 Å². The fourth-order valence-corrected chi connectivity index (χ4v) is 3.81. The first-order valence-corrected chi connectivity index (χ1v) is 8.50. The Hall–Kier alpha value is -3.05. The summed E-state index contributed by atoms with van der Waals surface area (Å²) in [6.07, 6.45) is 0. The molecule has 0 radical (unpaired) electrons. The molecule has 0 bridgehead atoms. The molecule has 0 fully saturated rings. The summed E-state index contributed by atoms with van der Waals surface area (Å²) in [6, 6.07) is 25.3. The zero-order valence-corrected chi connectivity index (χ0v) is 14.7. The Morgan fingerprint density at radius 3 is 2.16 bits per heavy atom. The van der Waals surface area contributed by atoms with Gasteiger partial charge in [-0.1, -0.05) is 44.2 Å². The minimum Gasteiger partial charge on any atom is -0.345 e. The van der Waals surface area contributed by atoms with Gasteiger partial charge >= 0.3 is 0 Å². The van der Waals surface area contributed by atoms with Gasteiger partial charge in [0, 0.05) is 23.8 Å². The van der Waals surface area contributed by atoms with E-state index in [-0.39, 0.29) is 5.41 Å². The monoisotopic (exact) mass is 324 g/mol. The first-order chi connectivity index (χ1) is 12.0. The average molecular weight is 324 g/mol. The van der Waals surface area contributed by atoms with Crippen LogP contribution in [0.25, 0.3) is 11.1 Å². The van der Waals surface area contributed by atoms with Gasteiger partial charge in [-0.15, -0.1) is 0 Å². The summed E-state index contributed by atoms with van der Waals surface area (Å²) in [4.78, 5) is 2.17. The number of benzene rings is 3. The van der Waals surface area contributed by atoms with E-state index in [4.69, 9.17) is 5.26 Å². The topological polar surface area (TPSA) is 27.0 Å². The van der Waals surface area contributed by atoms with Gasteiger partial charge in [-0.25, -0.2) is 0 Å². The largest absolute Gasteiger partial charge is 0.345 e.